The van der Waals surface area contributed by atoms with Gasteiger partial charge in [-0.15, -0.1) is 0 Å². The Bertz CT molecular complexity index is 890. The molecule has 4 amide bonds. The van der Waals surface area contributed by atoms with E-state index in [2.05, 4.69) is 5.32 Å². The summed E-state index contributed by atoms with van der Waals surface area (Å²) in [5.41, 5.74) is 0.649. The van der Waals surface area contributed by atoms with Gasteiger partial charge in [-0.25, -0.2) is 9.69 Å². The number of methoxy groups -OCH3 is 1. The summed E-state index contributed by atoms with van der Waals surface area (Å²) < 4.78 is 5.06. The first kappa shape index (κ1) is 16.7. The molecular weight excluding hydrogens is 344 g/mol. The molecule has 0 atom stereocenters. The third-order valence-electron chi connectivity index (χ3n) is 3.64. The Labute approximate surface area is 148 Å². The third-order valence-corrected chi connectivity index (χ3v) is 3.98. The van der Waals surface area contributed by atoms with E-state index in [1.807, 2.05) is 0 Å². The van der Waals surface area contributed by atoms with Gasteiger partial charge >= 0.3 is 6.03 Å². The Balaban J connectivity index is 2.01. The van der Waals surface area contributed by atoms with Crippen molar-refractivity contribution < 1.29 is 19.1 Å². The van der Waals surface area contributed by atoms with Gasteiger partial charge in [0.05, 0.1) is 12.8 Å². The first-order valence-corrected chi connectivity index (χ1v) is 7.69. The predicted molar refractivity (Wildman–Crippen MR) is 93.4 cm³/mol. The van der Waals surface area contributed by atoms with Gasteiger partial charge in [0.25, 0.3) is 11.8 Å². The SMILES string of the molecule is COc1ccc(N2C(=O)NC(=O)/C(=C/c3ccccc3Cl)C2=O)cc1. The van der Waals surface area contributed by atoms with Crippen LogP contribution in [0.3, 0.4) is 0 Å². The number of carbonyl (C=O) groups is 3. The average molecular weight is 357 g/mol. The van der Waals surface area contributed by atoms with Crippen molar-refractivity contribution in [2.24, 2.45) is 0 Å². The second-order valence-electron chi connectivity index (χ2n) is 5.18. The number of rotatable bonds is 3. The zero-order valence-electron chi connectivity index (χ0n) is 13.2. The van der Waals surface area contributed by atoms with Crippen LogP contribution >= 0.6 is 11.6 Å². The number of nitrogens with zero attached hydrogens (tertiary/aromatic N) is 1. The molecule has 1 N–H and O–H groups in total. The van der Waals surface area contributed by atoms with E-state index in [-0.39, 0.29) is 5.57 Å². The second-order valence-corrected chi connectivity index (χ2v) is 5.58. The smallest absolute Gasteiger partial charge is 0.335 e. The Hall–Kier alpha value is -3.12. The van der Waals surface area contributed by atoms with Crippen molar-refractivity contribution in [2.45, 2.75) is 0 Å². The van der Waals surface area contributed by atoms with E-state index in [0.717, 1.165) is 4.90 Å². The van der Waals surface area contributed by atoms with Crippen LogP contribution in [0.25, 0.3) is 6.08 Å². The summed E-state index contributed by atoms with van der Waals surface area (Å²) in [4.78, 5) is 37.8. The van der Waals surface area contributed by atoms with Crippen LogP contribution in [0.4, 0.5) is 10.5 Å². The van der Waals surface area contributed by atoms with Gasteiger partial charge in [0.1, 0.15) is 11.3 Å². The fourth-order valence-corrected chi connectivity index (χ4v) is 2.56. The van der Waals surface area contributed by atoms with Crippen LogP contribution < -0.4 is 15.0 Å². The van der Waals surface area contributed by atoms with Crippen LogP contribution in [0.5, 0.6) is 5.75 Å². The van der Waals surface area contributed by atoms with Gasteiger partial charge in [0.15, 0.2) is 0 Å². The second kappa shape index (κ2) is 6.78. The number of carbonyl (C=O) groups excluding carboxylic acids is 3. The van der Waals surface area contributed by atoms with Gasteiger partial charge in [-0.3, -0.25) is 14.9 Å². The molecule has 2 aromatic carbocycles. The number of nitrogens with one attached hydrogen (secondary N) is 1. The van der Waals surface area contributed by atoms with Crippen molar-refractivity contribution in [1.82, 2.24) is 5.32 Å². The Morgan fingerprint density at radius 2 is 1.72 bits per heavy atom. The first-order valence-electron chi connectivity index (χ1n) is 7.31. The van der Waals surface area contributed by atoms with Crippen molar-refractivity contribution in [3.8, 4) is 5.75 Å². The van der Waals surface area contributed by atoms with Gasteiger partial charge in [-0.1, -0.05) is 29.8 Å². The lowest BCUT2D eigenvalue weighted by Gasteiger charge is -2.26. The summed E-state index contributed by atoms with van der Waals surface area (Å²) in [6, 6.07) is 12.3. The third kappa shape index (κ3) is 3.25. The minimum Gasteiger partial charge on any atom is -0.497 e. The normalized spacial score (nSPS) is 16.2. The number of urea groups is 1. The number of ether oxygens (including phenoxy) is 1. The molecule has 1 aliphatic rings. The molecule has 0 aliphatic carbocycles. The Morgan fingerprint density at radius 3 is 2.36 bits per heavy atom. The highest BCUT2D eigenvalue weighted by atomic mass is 35.5. The molecule has 1 heterocycles. The van der Waals surface area contributed by atoms with Crippen LogP contribution in [0.1, 0.15) is 5.56 Å². The average Bonchev–Trinajstić information content (AvgIpc) is 2.60. The maximum absolute atomic E-state index is 12.7. The molecule has 1 saturated heterocycles. The predicted octanol–water partition coefficient (Wildman–Crippen LogP) is 3.02. The number of halogens is 1. The zero-order chi connectivity index (χ0) is 18.0. The highest BCUT2D eigenvalue weighted by Crippen LogP contribution is 2.25. The quantitative estimate of drug-likeness (QED) is 0.677. The van der Waals surface area contributed by atoms with Gasteiger partial charge < -0.3 is 4.74 Å². The minimum absolute atomic E-state index is 0.177. The molecule has 0 unspecified atom stereocenters. The monoisotopic (exact) mass is 356 g/mol. The van der Waals surface area contributed by atoms with E-state index < -0.39 is 17.8 Å². The molecule has 25 heavy (non-hydrogen) atoms. The van der Waals surface area contributed by atoms with Crippen LogP contribution in [0, 0.1) is 0 Å². The summed E-state index contributed by atoms with van der Waals surface area (Å²) in [6.07, 6.45) is 1.36. The van der Waals surface area contributed by atoms with Crippen molar-refractivity contribution in [2.75, 3.05) is 12.0 Å². The van der Waals surface area contributed by atoms with Gasteiger partial charge in [0, 0.05) is 5.02 Å². The molecule has 1 aliphatic heterocycles. The minimum atomic E-state index is -0.809. The number of imide groups is 2. The standard InChI is InChI=1S/C18H13ClN2O4/c1-25-13-8-6-12(7-9-13)21-17(23)14(16(22)20-18(21)24)10-11-4-2-3-5-15(11)19/h2-10H,1H3,(H,20,22,24)/b14-10-. The molecule has 6 nitrogen and oxygen atoms in total. The van der Waals surface area contributed by atoms with Crippen LogP contribution in [-0.4, -0.2) is 25.0 Å². The maximum atomic E-state index is 12.7. The number of hydrogen-bond acceptors (Lipinski definition) is 4. The lowest BCUT2D eigenvalue weighted by Crippen LogP contribution is -2.54. The fourth-order valence-electron chi connectivity index (χ4n) is 2.37. The molecule has 2 aromatic rings. The van der Waals surface area contributed by atoms with Crippen molar-refractivity contribution in [3.63, 3.8) is 0 Å². The summed E-state index contributed by atoms with van der Waals surface area (Å²) in [5, 5.41) is 2.55. The summed E-state index contributed by atoms with van der Waals surface area (Å²) in [6.45, 7) is 0. The highest BCUT2D eigenvalue weighted by Gasteiger charge is 2.36. The molecule has 0 aromatic heterocycles. The summed E-state index contributed by atoms with van der Waals surface area (Å²) >= 11 is 6.07. The molecular formula is C18H13ClN2O4. The largest absolute Gasteiger partial charge is 0.497 e. The van der Waals surface area contributed by atoms with Gasteiger partial charge in [-0.2, -0.15) is 0 Å². The van der Waals surface area contributed by atoms with E-state index >= 15 is 0 Å². The van der Waals surface area contributed by atoms with E-state index in [4.69, 9.17) is 16.3 Å². The summed E-state index contributed by atoms with van der Waals surface area (Å²) in [7, 11) is 1.51. The fraction of sp³-hybridized carbons (Fsp3) is 0.0556. The molecule has 0 radical (unpaired) electrons. The van der Waals surface area contributed by atoms with Gasteiger partial charge in [-0.05, 0) is 42.0 Å². The van der Waals surface area contributed by atoms with Crippen molar-refractivity contribution >= 4 is 41.2 Å². The number of amides is 4. The molecule has 0 bridgehead atoms. The van der Waals surface area contributed by atoms with Crippen LogP contribution in [0.2, 0.25) is 5.02 Å². The molecule has 1 fully saturated rings. The molecule has 126 valence electrons. The molecule has 0 spiro atoms. The maximum Gasteiger partial charge on any atom is 0.335 e. The topological polar surface area (TPSA) is 75.7 Å². The lowest BCUT2D eigenvalue weighted by molar-refractivity contribution is -0.122. The van der Waals surface area contributed by atoms with E-state index in [1.54, 1.807) is 48.5 Å². The number of benzene rings is 2. The van der Waals surface area contributed by atoms with Crippen molar-refractivity contribution in [3.05, 3.63) is 64.7 Å². The Morgan fingerprint density at radius 1 is 1.04 bits per heavy atom. The summed E-state index contributed by atoms with van der Waals surface area (Å²) in [5.74, 6) is -0.907. The first-order chi connectivity index (χ1) is 12.0. The molecule has 0 saturated carbocycles. The zero-order valence-corrected chi connectivity index (χ0v) is 13.9. The molecule has 7 heteroatoms. The van der Waals surface area contributed by atoms with Gasteiger partial charge in [0.2, 0.25) is 0 Å². The van der Waals surface area contributed by atoms with Crippen LogP contribution in [-0.2, 0) is 9.59 Å². The van der Waals surface area contributed by atoms with E-state index in [9.17, 15) is 14.4 Å². The van der Waals surface area contributed by atoms with Crippen LogP contribution in [0.15, 0.2) is 54.1 Å². The highest BCUT2D eigenvalue weighted by molar-refractivity contribution is 6.39. The lowest BCUT2D eigenvalue weighted by atomic mass is 10.1. The van der Waals surface area contributed by atoms with E-state index in [1.165, 1.54) is 13.2 Å². The number of hydrogen-bond donors (Lipinski definition) is 1. The Kier molecular flexibility index (Phi) is 4.54. The number of barbiturate groups is 1. The molecule has 3 rings (SSSR count). The van der Waals surface area contributed by atoms with E-state index in [0.29, 0.717) is 22.0 Å². The number of anilines is 1. The van der Waals surface area contributed by atoms with Crippen molar-refractivity contribution in [1.29, 1.82) is 0 Å².